The average molecular weight is 834 g/mol. The molecule has 1 aliphatic heterocycles. The van der Waals surface area contributed by atoms with Crippen molar-refractivity contribution < 1.29 is 19.1 Å². The maximum atomic E-state index is 14.3. The molecule has 60 heavy (non-hydrogen) atoms. The average Bonchev–Trinajstić information content (AvgIpc) is 3.81. The van der Waals surface area contributed by atoms with Gasteiger partial charge in [0.1, 0.15) is 12.1 Å². The van der Waals surface area contributed by atoms with E-state index >= 15 is 0 Å². The molecule has 0 aliphatic carbocycles. The number of carbonyl (C=O) groups excluding carboxylic acids is 3. The second-order valence-electron chi connectivity index (χ2n) is 14.8. The van der Waals surface area contributed by atoms with E-state index in [-0.39, 0.29) is 18.3 Å². The molecule has 0 radical (unpaired) electrons. The molecule has 7 nitrogen and oxygen atoms in total. The van der Waals surface area contributed by atoms with Crippen LogP contribution in [0.2, 0.25) is 0 Å². The highest BCUT2D eigenvalue weighted by Gasteiger charge is 2.43. The number of thioether (sulfide) groups is 2. The molecule has 0 spiro atoms. The lowest BCUT2D eigenvalue weighted by Crippen LogP contribution is -2.55. The molecule has 3 N–H and O–H groups in total. The van der Waals surface area contributed by atoms with Gasteiger partial charge in [-0.3, -0.25) is 9.59 Å². The summed E-state index contributed by atoms with van der Waals surface area (Å²) in [5.41, 5.74) is 13.2. The topological polar surface area (TPSA) is 102 Å². The van der Waals surface area contributed by atoms with Gasteiger partial charge in [-0.05, 0) is 53.1 Å². The molecule has 6 aromatic carbocycles. The smallest absolute Gasteiger partial charge is 0.329 e. The Bertz CT molecular complexity index is 2090. The van der Waals surface area contributed by atoms with Gasteiger partial charge in [-0.2, -0.15) is 0 Å². The first-order valence-electron chi connectivity index (χ1n) is 20.5. The number of esters is 1. The summed E-state index contributed by atoms with van der Waals surface area (Å²) in [6, 6.07) is 58.8. The number of hydrogen-bond donors (Lipinski definition) is 2. The first kappa shape index (κ1) is 42.5. The van der Waals surface area contributed by atoms with Crippen LogP contribution in [0.3, 0.4) is 0 Å². The van der Waals surface area contributed by atoms with Crippen LogP contribution in [0.25, 0.3) is 0 Å². The SMILES string of the molecule is CCOC(=O)C(CSC(c1ccccc1)(c1ccccc1)c1ccccc1)NC(=O)C1CCCN1C(=O)C(N)CSC(c1ccccc1)(c1ccccc1)c1ccccc1. The molecule has 1 heterocycles. The molecule has 3 unspecified atom stereocenters. The normalized spacial score (nSPS) is 15.2. The Kier molecular flexibility index (Phi) is 14.2. The quantitative estimate of drug-likeness (QED) is 0.0700. The molecule has 0 aromatic heterocycles. The minimum absolute atomic E-state index is 0.161. The molecule has 2 amide bonds. The molecular formula is C51H51N3O4S2. The Hall–Kier alpha value is -5.61. The molecule has 1 aliphatic rings. The third-order valence-electron chi connectivity index (χ3n) is 11.1. The summed E-state index contributed by atoms with van der Waals surface area (Å²) >= 11 is 3.19. The number of nitrogens with zero attached hydrogens (tertiary/aromatic N) is 1. The molecule has 9 heteroatoms. The Morgan fingerprint density at radius 2 is 0.967 bits per heavy atom. The van der Waals surface area contributed by atoms with Gasteiger partial charge in [-0.15, -0.1) is 23.5 Å². The molecule has 7 rings (SSSR count). The lowest BCUT2D eigenvalue weighted by molar-refractivity contribution is -0.147. The monoisotopic (exact) mass is 833 g/mol. The van der Waals surface area contributed by atoms with Gasteiger partial charge in [0.15, 0.2) is 0 Å². The zero-order valence-corrected chi connectivity index (χ0v) is 35.4. The molecule has 0 bridgehead atoms. The number of ether oxygens (including phenoxy) is 1. The molecule has 0 saturated carbocycles. The van der Waals surface area contributed by atoms with Crippen LogP contribution < -0.4 is 11.1 Å². The Balaban J connectivity index is 1.12. The predicted molar refractivity (Wildman–Crippen MR) is 245 cm³/mol. The molecule has 1 fully saturated rings. The fraction of sp³-hybridized carbons (Fsp3) is 0.235. The first-order valence-corrected chi connectivity index (χ1v) is 22.5. The minimum Gasteiger partial charge on any atom is -0.464 e. The van der Waals surface area contributed by atoms with Crippen LogP contribution >= 0.6 is 23.5 Å². The number of benzene rings is 6. The van der Waals surface area contributed by atoms with E-state index in [0.717, 1.165) is 33.4 Å². The summed E-state index contributed by atoms with van der Waals surface area (Å²) in [5, 5.41) is 3.04. The summed E-state index contributed by atoms with van der Waals surface area (Å²) in [6.45, 7) is 2.31. The fourth-order valence-corrected chi connectivity index (χ4v) is 11.3. The van der Waals surface area contributed by atoms with Crippen LogP contribution in [0.4, 0.5) is 0 Å². The third-order valence-corrected chi connectivity index (χ3v) is 14.4. The van der Waals surface area contributed by atoms with Crippen LogP contribution in [-0.2, 0) is 28.6 Å². The number of rotatable bonds is 17. The van der Waals surface area contributed by atoms with Crippen LogP contribution in [-0.4, -0.2) is 65.5 Å². The van der Waals surface area contributed by atoms with Gasteiger partial charge in [0.2, 0.25) is 11.8 Å². The maximum absolute atomic E-state index is 14.3. The van der Waals surface area contributed by atoms with Crippen molar-refractivity contribution in [2.75, 3.05) is 24.7 Å². The van der Waals surface area contributed by atoms with Crippen LogP contribution in [0.5, 0.6) is 0 Å². The predicted octanol–water partition coefficient (Wildman–Crippen LogP) is 8.80. The molecule has 6 aromatic rings. The van der Waals surface area contributed by atoms with Crippen molar-refractivity contribution in [3.05, 3.63) is 215 Å². The van der Waals surface area contributed by atoms with Gasteiger partial charge in [-0.25, -0.2) is 4.79 Å². The van der Waals surface area contributed by atoms with E-state index in [2.05, 4.69) is 78.1 Å². The maximum Gasteiger partial charge on any atom is 0.329 e. The highest BCUT2D eigenvalue weighted by molar-refractivity contribution is 8.01. The van der Waals surface area contributed by atoms with E-state index < -0.39 is 39.5 Å². The van der Waals surface area contributed by atoms with Crippen LogP contribution in [0.1, 0.15) is 53.1 Å². The molecule has 1 saturated heterocycles. The van der Waals surface area contributed by atoms with Gasteiger partial charge in [0, 0.05) is 18.1 Å². The van der Waals surface area contributed by atoms with E-state index in [0.29, 0.717) is 25.1 Å². The van der Waals surface area contributed by atoms with Crippen molar-refractivity contribution in [1.29, 1.82) is 0 Å². The van der Waals surface area contributed by atoms with Crippen molar-refractivity contribution in [3.63, 3.8) is 0 Å². The van der Waals surface area contributed by atoms with Crippen molar-refractivity contribution in [1.82, 2.24) is 10.2 Å². The summed E-state index contributed by atoms with van der Waals surface area (Å²) in [7, 11) is 0. The number of hydrogen-bond acceptors (Lipinski definition) is 7. The van der Waals surface area contributed by atoms with Crippen molar-refractivity contribution in [2.24, 2.45) is 5.73 Å². The summed E-state index contributed by atoms with van der Waals surface area (Å²) in [4.78, 5) is 44.0. The second kappa shape index (κ2) is 20.1. The van der Waals surface area contributed by atoms with Crippen molar-refractivity contribution in [2.45, 2.75) is 47.4 Å². The van der Waals surface area contributed by atoms with Gasteiger partial charge < -0.3 is 20.7 Å². The lowest BCUT2D eigenvalue weighted by Gasteiger charge is -2.37. The van der Waals surface area contributed by atoms with E-state index in [1.807, 2.05) is 109 Å². The van der Waals surface area contributed by atoms with Crippen LogP contribution in [0, 0.1) is 0 Å². The number of carbonyl (C=O) groups is 3. The number of likely N-dealkylation sites (tertiary alicyclic amines) is 1. The Morgan fingerprint density at radius 1 is 0.617 bits per heavy atom. The van der Waals surface area contributed by atoms with E-state index in [1.165, 1.54) is 0 Å². The molecule has 3 atom stereocenters. The Labute approximate surface area is 362 Å². The van der Waals surface area contributed by atoms with E-state index in [4.69, 9.17) is 10.5 Å². The zero-order chi connectivity index (χ0) is 41.8. The number of nitrogens with one attached hydrogen (secondary N) is 1. The lowest BCUT2D eigenvalue weighted by atomic mass is 9.84. The van der Waals surface area contributed by atoms with Crippen molar-refractivity contribution >= 4 is 41.3 Å². The first-order chi connectivity index (χ1) is 29.4. The number of amides is 2. The van der Waals surface area contributed by atoms with Gasteiger partial charge in [0.25, 0.3) is 0 Å². The molecule has 306 valence electrons. The van der Waals surface area contributed by atoms with Gasteiger partial charge in [-0.1, -0.05) is 182 Å². The van der Waals surface area contributed by atoms with Crippen LogP contribution in [0.15, 0.2) is 182 Å². The largest absolute Gasteiger partial charge is 0.464 e. The highest BCUT2D eigenvalue weighted by atomic mass is 32.2. The summed E-state index contributed by atoms with van der Waals surface area (Å²) in [5.74, 6) is -0.701. The highest BCUT2D eigenvalue weighted by Crippen LogP contribution is 2.50. The van der Waals surface area contributed by atoms with Crippen molar-refractivity contribution in [3.8, 4) is 0 Å². The van der Waals surface area contributed by atoms with E-state index in [9.17, 15) is 14.4 Å². The zero-order valence-electron chi connectivity index (χ0n) is 33.8. The van der Waals surface area contributed by atoms with E-state index in [1.54, 1.807) is 35.3 Å². The Morgan fingerprint density at radius 3 is 1.32 bits per heavy atom. The summed E-state index contributed by atoms with van der Waals surface area (Å²) < 4.78 is 4.20. The fourth-order valence-electron chi connectivity index (χ4n) is 8.23. The standard InChI is InChI=1S/C51H51N3O4S2/c1-2-58-49(57)45(37-60-51(41-28-15-6-16-29-41,42-30-17-7-18-31-42)43-32-19-8-20-33-43)53-47(55)46-34-21-35-54(46)48(56)44(52)36-59-50(38-22-9-3-10-23-38,39-24-11-4-12-25-39)40-26-13-5-14-27-40/h3-20,22-33,44-46H,2,21,34-37,52H2,1H3,(H,53,55). The number of nitrogens with two attached hydrogens (primary N) is 1. The summed E-state index contributed by atoms with van der Waals surface area (Å²) in [6.07, 6.45) is 1.10. The second-order valence-corrected chi connectivity index (χ2v) is 17.3. The minimum atomic E-state index is -0.983. The van der Waals surface area contributed by atoms with Gasteiger partial charge in [0.05, 0.1) is 22.1 Å². The third kappa shape index (κ3) is 9.09. The van der Waals surface area contributed by atoms with Gasteiger partial charge >= 0.3 is 5.97 Å². The molecular weight excluding hydrogens is 783 g/mol.